The monoisotopic (exact) mass is 337 g/mol. The van der Waals surface area contributed by atoms with E-state index >= 15 is 0 Å². The molecule has 4 rings (SSSR count). The fourth-order valence-electron chi connectivity index (χ4n) is 4.00. The maximum atomic E-state index is 12.7. The average Bonchev–Trinajstić information content (AvgIpc) is 3.23. The summed E-state index contributed by atoms with van der Waals surface area (Å²) in [5.74, 6) is 1.91. The minimum atomic E-state index is 0.0976. The maximum absolute atomic E-state index is 12.7. The quantitative estimate of drug-likeness (QED) is 0.930. The molecule has 2 N–H and O–H groups in total. The third kappa shape index (κ3) is 3.37. The Kier molecular flexibility index (Phi) is 4.40. The Labute approximate surface area is 147 Å². The Morgan fingerprint density at radius 2 is 2.04 bits per heavy atom. The Morgan fingerprint density at radius 1 is 1.20 bits per heavy atom. The number of fused-ring (bicyclic) bond motifs is 1. The van der Waals surface area contributed by atoms with Crippen LogP contribution in [0.2, 0.25) is 0 Å². The number of hydrogen-bond acceptors (Lipinski definition) is 4. The molecule has 2 aliphatic rings. The lowest BCUT2D eigenvalue weighted by Gasteiger charge is -2.19. The van der Waals surface area contributed by atoms with Gasteiger partial charge in [-0.15, -0.1) is 0 Å². The van der Waals surface area contributed by atoms with Crippen molar-refractivity contribution < 1.29 is 9.53 Å². The standard InChI is InChI=1S/C20H23N3O2/c21-19-8-5-16-11-23(12-18(16)19)20(24)15-3-6-17(7-4-15)25-13-14-2-1-9-22-10-14/h1-4,6-7,9-10,16,18-19H,5,8,11-13,21H2. The fourth-order valence-corrected chi connectivity index (χ4v) is 4.00. The Balaban J connectivity index is 1.36. The number of aromatic nitrogens is 1. The van der Waals surface area contributed by atoms with Gasteiger partial charge in [0.15, 0.2) is 0 Å². The lowest BCUT2D eigenvalue weighted by molar-refractivity contribution is 0.0779. The van der Waals surface area contributed by atoms with Gasteiger partial charge in [-0.3, -0.25) is 9.78 Å². The molecule has 1 saturated carbocycles. The van der Waals surface area contributed by atoms with Crippen LogP contribution < -0.4 is 10.5 Å². The summed E-state index contributed by atoms with van der Waals surface area (Å²) < 4.78 is 5.75. The number of ether oxygens (including phenoxy) is 1. The lowest BCUT2D eigenvalue weighted by atomic mass is 9.98. The average molecular weight is 337 g/mol. The topological polar surface area (TPSA) is 68.5 Å². The fraction of sp³-hybridized carbons (Fsp3) is 0.400. The molecular formula is C20H23N3O2. The van der Waals surface area contributed by atoms with Gasteiger partial charge in [-0.1, -0.05) is 6.07 Å². The molecule has 1 aromatic carbocycles. The third-order valence-corrected chi connectivity index (χ3v) is 5.43. The molecule has 1 aliphatic carbocycles. The molecule has 3 unspecified atom stereocenters. The summed E-state index contributed by atoms with van der Waals surface area (Å²) in [6.07, 6.45) is 5.77. The van der Waals surface area contributed by atoms with Crippen LogP contribution >= 0.6 is 0 Å². The number of nitrogens with two attached hydrogens (primary N) is 1. The molecule has 25 heavy (non-hydrogen) atoms. The van der Waals surface area contributed by atoms with Crippen molar-refractivity contribution in [3.63, 3.8) is 0 Å². The predicted octanol–water partition coefficient (Wildman–Crippen LogP) is 2.47. The molecule has 2 fully saturated rings. The molecule has 5 heteroatoms. The van der Waals surface area contributed by atoms with Gasteiger partial charge in [0.2, 0.25) is 0 Å². The van der Waals surface area contributed by atoms with Gasteiger partial charge in [0, 0.05) is 42.7 Å². The Morgan fingerprint density at radius 3 is 2.76 bits per heavy atom. The van der Waals surface area contributed by atoms with Gasteiger partial charge in [-0.25, -0.2) is 0 Å². The van der Waals surface area contributed by atoms with Crippen LogP contribution in [0.25, 0.3) is 0 Å². The molecule has 1 saturated heterocycles. The summed E-state index contributed by atoms with van der Waals surface area (Å²) in [5.41, 5.74) is 7.89. The van der Waals surface area contributed by atoms with Gasteiger partial charge in [0.1, 0.15) is 12.4 Å². The van der Waals surface area contributed by atoms with Crippen LogP contribution in [-0.4, -0.2) is 34.9 Å². The van der Waals surface area contributed by atoms with Crippen LogP contribution in [0.15, 0.2) is 48.8 Å². The molecule has 0 radical (unpaired) electrons. The van der Waals surface area contributed by atoms with E-state index in [0.717, 1.165) is 37.2 Å². The maximum Gasteiger partial charge on any atom is 0.253 e. The second-order valence-electron chi connectivity index (χ2n) is 7.05. The van der Waals surface area contributed by atoms with E-state index in [4.69, 9.17) is 10.5 Å². The van der Waals surface area contributed by atoms with Crippen LogP contribution in [0.1, 0.15) is 28.8 Å². The van der Waals surface area contributed by atoms with Crippen molar-refractivity contribution in [1.82, 2.24) is 9.88 Å². The molecule has 1 aromatic heterocycles. The van der Waals surface area contributed by atoms with Gasteiger partial charge >= 0.3 is 0 Å². The first-order chi connectivity index (χ1) is 12.2. The van der Waals surface area contributed by atoms with Crippen LogP contribution in [0, 0.1) is 11.8 Å². The molecule has 0 bridgehead atoms. The normalized spacial score (nSPS) is 25.0. The van der Waals surface area contributed by atoms with Crippen LogP contribution in [-0.2, 0) is 6.61 Å². The number of rotatable bonds is 4. The highest BCUT2D eigenvalue weighted by atomic mass is 16.5. The first-order valence-electron chi connectivity index (χ1n) is 8.87. The zero-order valence-corrected chi connectivity index (χ0v) is 14.2. The minimum Gasteiger partial charge on any atom is -0.489 e. The highest BCUT2D eigenvalue weighted by Crippen LogP contribution is 2.37. The van der Waals surface area contributed by atoms with Gasteiger partial charge in [0.25, 0.3) is 5.91 Å². The minimum absolute atomic E-state index is 0.0976. The van der Waals surface area contributed by atoms with E-state index in [-0.39, 0.29) is 11.9 Å². The van der Waals surface area contributed by atoms with Gasteiger partial charge in [-0.05, 0) is 55.0 Å². The van der Waals surface area contributed by atoms with Crippen molar-refractivity contribution in [2.45, 2.75) is 25.5 Å². The predicted molar refractivity (Wildman–Crippen MR) is 95.1 cm³/mol. The highest BCUT2D eigenvalue weighted by Gasteiger charge is 2.42. The summed E-state index contributed by atoms with van der Waals surface area (Å²) in [5, 5.41) is 0. The summed E-state index contributed by atoms with van der Waals surface area (Å²) in [7, 11) is 0. The lowest BCUT2D eigenvalue weighted by Crippen LogP contribution is -2.33. The Hall–Kier alpha value is -2.40. The molecule has 2 heterocycles. The molecular weight excluding hydrogens is 314 g/mol. The molecule has 130 valence electrons. The summed E-state index contributed by atoms with van der Waals surface area (Å²) >= 11 is 0. The van der Waals surface area contributed by atoms with Gasteiger partial charge in [-0.2, -0.15) is 0 Å². The number of carbonyl (C=O) groups excluding carboxylic acids is 1. The van der Waals surface area contributed by atoms with Crippen LogP contribution in [0.4, 0.5) is 0 Å². The SMILES string of the molecule is NC1CCC2CN(C(=O)c3ccc(OCc4cccnc4)cc3)CC12. The highest BCUT2D eigenvalue weighted by molar-refractivity contribution is 5.94. The molecule has 2 aromatic rings. The summed E-state index contributed by atoms with van der Waals surface area (Å²) in [6, 6.07) is 11.5. The number of likely N-dealkylation sites (tertiary alicyclic amines) is 1. The number of amides is 1. The number of carbonyl (C=O) groups is 1. The van der Waals surface area contributed by atoms with Crippen LogP contribution in [0.3, 0.4) is 0 Å². The third-order valence-electron chi connectivity index (χ3n) is 5.43. The summed E-state index contributed by atoms with van der Waals surface area (Å²) in [6.45, 7) is 2.11. The Bertz CT molecular complexity index is 732. The van der Waals surface area contributed by atoms with Gasteiger partial charge in [0.05, 0.1) is 0 Å². The van der Waals surface area contributed by atoms with E-state index in [1.54, 1.807) is 12.4 Å². The smallest absolute Gasteiger partial charge is 0.253 e. The molecule has 0 spiro atoms. The van der Waals surface area contributed by atoms with E-state index < -0.39 is 0 Å². The van der Waals surface area contributed by atoms with Crippen molar-refractivity contribution in [1.29, 1.82) is 0 Å². The zero-order valence-electron chi connectivity index (χ0n) is 14.2. The van der Waals surface area contributed by atoms with E-state index in [1.165, 1.54) is 0 Å². The zero-order chi connectivity index (χ0) is 17.2. The number of hydrogen-bond donors (Lipinski definition) is 1. The van der Waals surface area contributed by atoms with Crippen LogP contribution in [0.5, 0.6) is 5.75 Å². The van der Waals surface area contributed by atoms with E-state index in [0.29, 0.717) is 24.0 Å². The molecule has 5 nitrogen and oxygen atoms in total. The van der Waals surface area contributed by atoms with Crippen molar-refractivity contribution in [2.24, 2.45) is 17.6 Å². The molecule has 3 atom stereocenters. The van der Waals surface area contributed by atoms with E-state index in [1.807, 2.05) is 41.3 Å². The van der Waals surface area contributed by atoms with Gasteiger partial charge < -0.3 is 15.4 Å². The second kappa shape index (κ2) is 6.84. The number of benzene rings is 1. The van der Waals surface area contributed by atoms with E-state index in [9.17, 15) is 4.79 Å². The van der Waals surface area contributed by atoms with Crippen molar-refractivity contribution >= 4 is 5.91 Å². The van der Waals surface area contributed by atoms with Crippen molar-refractivity contribution in [2.75, 3.05) is 13.1 Å². The van der Waals surface area contributed by atoms with E-state index in [2.05, 4.69) is 4.98 Å². The summed E-state index contributed by atoms with van der Waals surface area (Å²) in [4.78, 5) is 18.7. The largest absolute Gasteiger partial charge is 0.489 e. The van der Waals surface area contributed by atoms with Crippen molar-refractivity contribution in [3.8, 4) is 5.75 Å². The second-order valence-corrected chi connectivity index (χ2v) is 7.05. The first kappa shape index (κ1) is 16.1. The van der Waals surface area contributed by atoms with Crippen molar-refractivity contribution in [3.05, 3.63) is 59.9 Å². The first-order valence-corrected chi connectivity index (χ1v) is 8.87. The molecule has 1 aliphatic heterocycles. The number of nitrogens with zero attached hydrogens (tertiary/aromatic N) is 2. The molecule has 1 amide bonds. The number of pyridine rings is 1.